The smallest absolute Gasteiger partial charge is 0.318 e. The number of nitrogens with two attached hydrogens (primary N) is 2. The first-order valence-corrected chi connectivity index (χ1v) is 10.7. The number of likely N-dealkylation sites (N-methyl/N-ethyl adjacent to an activating group) is 1. The number of thiophene rings is 1. The van der Waals surface area contributed by atoms with Gasteiger partial charge in [0.2, 0.25) is 5.91 Å². The van der Waals surface area contributed by atoms with Crippen LogP contribution in [-0.2, 0) is 9.53 Å². The first-order valence-electron chi connectivity index (χ1n) is 9.93. The zero-order valence-corrected chi connectivity index (χ0v) is 19.0. The van der Waals surface area contributed by atoms with Crippen molar-refractivity contribution in [2.24, 2.45) is 5.73 Å². The standard InChI is InChI=1S/C21H26N6O4S/c1-4-27(8-9-30-2)11-14(28)24-13-7-5-6-12(10-13)17-15-16(22)18(19(23)29)32-20(15)26-21(25-17)31-3/h5-7,10H,4,8-9,11,22H2,1-3H3,(H2,23,29)(H,24,28). The molecule has 2 amide bonds. The van der Waals surface area contributed by atoms with Gasteiger partial charge in [-0.15, -0.1) is 11.3 Å². The van der Waals surface area contributed by atoms with E-state index in [4.69, 9.17) is 20.9 Å². The fourth-order valence-electron chi connectivity index (χ4n) is 3.20. The molecule has 0 aliphatic heterocycles. The SMILES string of the molecule is CCN(CCOC)CC(=O)Nc1cccc(-c2nc(OC)nc3sc(C(N)=O)c(N)c23)c1. The number of rotatable bonds is 10. The van der Waals surface area contributed by atoms with Gasteiger partial charge in [-0.2, -0.15) is 9.97 Å². The zero-order valence-electron chi connectivity index (χ0n) is 18.2. The number of carbonyl (C=O) groups is 2. The van der Waals surface area contributed by atoms with Gasteiger partial charge in [0.25, 0.3) is 5.91 Å². The molecule has 0 spiro atoms. The minimum absolute atomic E-state index is 0.135. The Balaban J connectivity index is 1.93. The van der Waals surface area contributed by atoms with Crippen LogP contribution in [0.3, 0.4) is 0 Å². The highest BCUT2D eigenvalue weighted by Gasteiger charge is 2.21. The average molecular weight is 459 g/mol. The quantitative estimate of drug-likeness (QED) is 0.418. The maximum Gasteiger partial charge on any atom is 0.318 e. The molecule has 3 rings (SSSR count). The molecule has 0 atom stereocenters. The van der Waals surface area contributed by atoms with E-state index in [1.165, 1.54) is 7.11 Å². The van der Waals surface area contributed by atoms with Crippen LogP contribution < -0.4 is 21.5 Å². The van der Waals surface area contributed by atoms with Gasteiger partial charge in [-0.1, -0.05) is 19.1 Å². The second kappa shape index (κ2) is 10.4. The van der Waals surface area contributed by atoms with E-state index >= 15 is 0 Å². The molecular formula is C21H26N6O4S. The van der Waals surface area contributed by atoms with E-state index in [-0.39, 0.29) is 29.0 Å². The second-order valence-electron chi connectivity index (χ2n) is 6.94. The molecule has 0 aliphatic carbocycles. The van der Waals surface area contributed by atoms with Crippen LogP contribution in [0.25, 0.3) is 21.5 Å². The molecule has 0 unspecified atom stereocenters. The van der Waals surface area contributed by atoms with Gasteiger partial charge in [0.1, 0.15) is 9.71 Å². The number of carbonyl (C=O) groups excluding carboxylic acids is 2. The Labute approximate surface area is 189 Å². The predicted molar refractivity (Wildman–Crippen MR) is 125 cm³/mol. The molecule has 0 bridgehead atoms. The maximum atomic E-state index is 12.5. The van der Waals surface area contributed by atoms with Gasteiger partial charge >= 0.3 is 6.01 Å². The summed E-state index contributed by atoms with van der Waals surface area (Å²) in [5.41, 5.74) is 13.6. The van der Waals surface area contributed by atoms with Gasteiger partial charge in [-0.05, 0) is 18.7 Å². The topological polar surface area (TPSA) is 146 Å². The van der Waals surface area contributed by atoms with Crippen molar-refractivity contribution in [3.8, 4) is 17.3 Å². The largest absolute Gasteiger partial charge is 0.467 e. The van der Waals surface area contributed by atoms with Gasteiger partial charge in [0, 0.05) is 24.9 Å². The van der Waals surface area contributed by atoms with E-state index in [0.717, 1.165) is 17.9 Å². The summed E-state index contributed by atoms with van der Waals surface area (Å²) in [5, 5.41) is 3.43. The Morgan fingerprint density at radius 2 is 2.03 bits per heavy atom. The molecule has 5 N–H and O–H groups in total. The van der Waals surface area contributed by atoms with Gasteiger partial charge in [-0.3, -0.25) is 14.5 Å². The van der Waals surface area contributed by atoms with Gasteiger partial charge in [0.15, 0.2) is 0 Å². The zero-order chi connectivity index (χ0) is 23.3. The van der Waals surface area contributed by atoms with E-state index in [9.17, 15) is 9.59 Å². The summed E-state index contributed by atoms with van der Waals surface area (Å²) in [6.45, 7) is 4.18. The van der Waals surface area contributed by atoms with Crippen LogP contribution in [-0.4, -0.2) is 67.1 Å². The van der Waals surface area contributed by atoms with E-state index in [2.05, 4.69) is 15.3 Å². The Morgan fingerprint density at radius 3 is 2.69 bits per heavy atom. The molecule has 2 aromatic heterocycles. The summed E-state index contributed by atoms with van der Waals surface area (Å²) in [6.07, 6.45) is 0. The molecule has 32 heavy (non-hydrogen) atoms. The van der Waals surface area contributed by atoms with Crippen molar-refractivity contribution in [3.63, 3.8) is 0 Å². The molecule has 2 heterocycles. The van der Waals surface area contributed by atoms with Crippen molar-refractivity contribution < 1.29 is 19.1 Å². The Bertz CT molecular complexity index is 1130. The number of amides is 2. The summed E-state index contributed by atoms with van der Waals surface area (Å²) in [6, 6.07) is 7.33. The Kier molecular flexibility index (Phi) is 7.57. The molecule has 0 fully saturated rings. The summed E-state index contributed by atoms with van der Waals surface area (Å²) in [4.78, 5) is 35.7. The number of anilines is 2. The number of fused-ring (bicyclic) bond motifs is 1. The summed E-state index contributed by atoms with van der Waals surface area (Å²) >= 11 is 1.08. The van der Waals surface area contributed by atoms with Crippen molar-refractivity contribution in [2.75, 3.05) is 51.5 Å². The molecule has 0 saturated carbocycles. The number of hydrogen-bond donors (Lipinski definition) is 3. The maximum absolute atomic E-state index is 12.5. The fraction of sp³-hybridized carbons (Fsp3) is 0.333. The highest BCUT2D eigenvalue weighted by molar-refractivity contribution is 7.21. The lowest BCUT2D eigenvalue weighted by atomic mass is 10.1. The highest BCUT2D eigenvalue weighted by Crippen LogP contribution is 2.39. The lowest BCUT2D eigenvalue weighted by Gasteiger charge is -2.19. The van der Waals surface area contributed by atoms with E-state index in [1.54, 1.807) is 25.3 Å². The molecule has 0 saturated heterocycles. The third kappa shape index (κ3) is 5.13. The minimum atomic E-state index is -0.634. The lowest BCUT2D eigenvalue weighted by molar-refractivity contribution is -0.117. The molecule has 3 aromatic rings. The Hall–Kier alpha value is -3.28. The van der Waals surface area contributed by atoms with Crippen molar-refractivity contribution in [3.05, 3.63) is 29.1 Å². The van der Waals surface area contributed by atoms with Crippen LogP contribution in [0, 0.1) is 0 Å². The number of ether oxygens (including phenoxy) is 2. The van der Waals surface area contributed by atoms with Crippen LogP contribution >= 0.6 is 11.3 Å². The van der Waals surface area contributed by atoms with Crippen LogP contribution in [0.15, 0.2) is 24.3 Å². The van der Waals surface area contributed by atoms with E-state index < -0.39 is 5.91 Å². The van der Waals surface area contributed by atoms with Gasteiger partial charge in [0.05, 0.1) is 37.0 Å². The van der Waals surface area contributed by atoms with Crippen molar-refractivity contribution in [1.82, 2.24) is 14.9 Å². The normalized spacial score (nSPS) is 11.1. The van der Waals surface area contributed by atoms with Crippen LogP contribution in [0.5, 0.6) is 6.01 Å². The number of nitrogens with one attached hydrogen (secondary N) is 1. The monoisotopic (exact) mass is 458 g/mol. The lowest BCUT2D eigenvalue weighted by Crippen LogP contribution is -2.35. The number of methoxy groups -OCH3 is 2. The molecule has 1 aromatic carbocycles. The second-order valence-corrected chi connectivity index (χ2v) is 7.94. The average Bonchev–Trinajstić information content (AvgIpc) is 3.12. The molecule has 0 radical (unpaired) electrons. The predicted octanol–water partition coefficient (Wildman–Crippen LogP) is 1.95. The number of aromatic nitrogens is 2. The van der Waals surface area contributed by atoms with Crippen molar-refractivity contribution in [1.29, 1.82) is 0 Å². The molecule has 170 valence electrons. The Morgan fingerprint density at radius 1 is 1.25 bits per heavy atom. The van der Waals surface area contributed by atoms with E-state index in [1.807, 2.05) is 17.9 Å². The summed E-state index contributed by atoms with van der Waals surface area (Å²) in [5.74, 6) is -0.776. The van der Waals surface area contributed by atoms with Gasteiger partial charge in [-0.25, -0.2) is 0 Å². The number of nitrogens with zero attached hydrogens (tertiary/aromatic N) is 3. The summed E-state index contributed by atoms with van der Waals surface area (Å²) < 4.78 is 10.3. The number of primary amides is 1. The first-order chi connectivity index (χ1) is 15.4. The molecule has 10 nitrogen and oxygen atoms in total. The molecule has 0 aliphatic rings. The number of nitrogen functional groups attached to an aromatic ring is 1. The molecule has 11 heteroatoms. The fourth-order valence-corrected chi connectivity index (χ4v) is 4.14. The number of hydrogen-bond acceptors (Lipinski definition) is 9. The summed E-state index contributed by atoms with van der Waals surface area (Å²) in [7, 11) is 3.09. The third-order valence-corrected chi connectivity index (χ3v) is 5.93. The van der Waals surface area contributed by atoms with Crippen molar-refractivity contribution >= 4 is 44.7 Å². The van der Waals surface area contributed by atoms with Gasteiger partial charge < -0.3 is 26.3 Å². The highest BCUT2D eigenvalue weighted by atomic mass is 32.1. The van der Waals surface area contributed by atoms with Crippen LogP contribution in [0.2, 0.25) is 0 Å². The number of benzene rings is 1. The molecular weight excluding hydrogens is 432 g/mol. The first kappa shape index (κ1) is 23.4. The van der Waals surface area contributed by atoms with Crippen molar-refractivity contribution in [2.45, 2.75) is 6.92 Å². The van der Waals surface area contributed by atoms with Crippen LogP contribution in [0.1, 0.15) is 16.6 Å². The van der Waals surface area contributed by atoms with E-state index in [0.29, 0.717) is 40.3 Å². The minimum Gasteiger partial charge on any atom is -0.467 e. The van der Waals surface area contributed by atoms with Crippen LogP contribution in [0.4, 0.5) is 11.4 Å². The third-order valence-electron chi connectivity index (χ3n) is 4.82.